The molecular formula is C22H15F3N2O3. The minimum absolute atomic E-state index is 0.0768. The first-order valence-electron chi connectivity index (χ1n) is 8.93. The SMILES string of the molecule is Cc1cc(=O)c2ccc(NC(=O)c3ccn(-c4ccccc4C(F)(F)F)c3)cc2o1. The van der Waals surface area contributed by atoms with Gasteiger partial charge >= 0.3 is 6.18 Å². The number of carbonyl (C=O) groups is 1. The summed E-state index contributed by atoms with van der Waals surface area (Å²) in [6.45, 7) is 1.65. The molecule has 30 heavy (non-hydrogen) atoms. The maximum absolute atomic E-state index is 13.2. The van der Waals surface area contributed by atoms with Gasteiger partial charge in [-0.2, -0.15) is 13.2 Å². The second-order valence-corrected chi connectivity index (χ2v) is 6.71. The molecule has 0 unspecified atom stereocenters. The summed E-state index contributed by atoms with van der Waals surface area (Å²) in [6, 6.07) is 12.5. The number of fused-ring (bicyclic) bond motifs is 1. The average Bonchev–Trinajstić information content (AvgIpc) is 3.17. The Morgan fingerprint density at radius 3 is 2.60 bits per heavy atom. The zero-order chi connectivity index (χ0) is 21.5. The van der Waals surface area contributed by atoms with E-state index in [4.69, 9.17) is 4.42 Å². The molecule has 4 rings (SSSR count). The van der Waals surface area contributed by atoms with Crippen molar-refractivity contribution in [1.29, 1.82) is 0 Å². The number of carbonyl (C=O) groups excluding carboxylic acids is 1. The van der Waals surface area contributed by atoms with Crippen LogP contribution in [0.3, 0.4) is 0 Å². The lowest BCUT2D eigenvalue weighted by Crippen LogP contribution is -2.12. The fraction of sp³-hybridized carbons (Fsp3) is 0.0909. The lowest BCUT2D eigenvalue weighted by Gasteiger charge is -2.13. The Balaban J connectivity index is 1.62. The molecule has 2 heterocycles. The van der Waals surface area contributed by atoms with Gasteiger partial charge in [0.1, 0.15) is 11.3 Å². The summed E-state index contributed by atoms with van der Waals surface area (Å²) in [6.07, 6.45) is -1.80. The highest BCUT2D eigenvalue weighted by Crippen LogP contribution is 2.33. The van der Waals surface area contributed by atoms with E-state index in [0.717, 1.165) is 6.07 Å². The van der Waals surface area contributed by atoms with Crippen LogP contribution in [0.25, 0.3) is 16.7 Å². The quantitative estimate of drug-likeness (QED) is 0.505. The second-order valence-electron chi connectivity index (χ2n) is 6.71. The molecular weight excluding hydrogens is 397 g/mol. The van der Waals surface area contributed by atoms with E-state index in [2.05, 4.69) is 5.32 Å². The highest BCUT2D eigenvalue weighted by atomic mass is 19.4. The van der Waals surface area contributed by atoms with E-state index in [1.54, 1.807) is 19.1 Å². The minimum Gasteiger partial charge on any atom is -0.461 e. The number of aromatic nitrogens is 1. The number of anilines is 1. The first-order chi connectivity index (χ1) is 14.2. The van der Waals surface area contributed by atoms with Gasteiger partial charge < -0.3 is 14.3 Å². The molecule has 0 aliphatic carbocycles. The molecule has 0 bridgehead atoms. The fourth-order valence-corrected chi connectivity index (χ4v) is 3.18. The van der Waals surface area contributed by atoms with E-state index in [1.165, 1.54) is 53.4 Å². The number of nitrogens with one attached hydrogen (secondary N) is 1. The van der Waals surface area contributed by atoms with Crippen molar-refractivity contribution in [3.63, 3.8) is 0 Å². The van der Waals surface area contributed by atoms with Gasteiger partial charge in [-0.15, -0.1) is 0 Å². The largest absolute Gasteiger partial charge is 0.461 e. The topological polar surface area (TPSA) is 64.2 Å². The molecule has 0 saturated heterocycles. The standard InChI is InChI=1S/C22H15F3N2O3/c1-13-10-19(28)16-7-6-15(11-20(16)30-13)26-21(29)14-8-9-27(12-14)18-5-3-2-4-17(18)22(23,24)25/h2-12H,1H3,(H,26,29). The Morgan fingerprint density at radius 1 is 1.07 bits per heavy atom. The summed E-state index contributed by atoms with van der Waals surface area (Å²) in [5, 5.41) is 3.05. The van der Waals surface area contributed by atoms with Crippen LogP contribution >= 0.6 is 0 Å². The van der Waals surface area contributed by atoms with E-state index in [9.17, 15) is 22.8 Å². The molecule has 152 valence electrons. The van der Waals surface area contributed by atoms with Crippen molar-refractivity contribution in [1.82, 2.24) is 4.57 Å². The van der Waals surface area contributed by atoms with Gasteiger partial charge in [0, 0.05) is 30.2 Å². The second kappa shape index (κ2) is 7.22. The monoisotopic (exact) mass is 412 g/mol. The van der Waals surface area contributed by atoms with Gasteiger partial charge in [0.05, 0.1) is 22.2 Å². The molecule has 0 radical (unpaired) electrons. The van der Waals surface area contributed by atoms with Crippen LogP contribution in [0.2, 0.25) is 0 Å². The molecule has 0 fully saturated rings. The van der Waals surface area contributed by atoms with Crippen LogP contribution in [0.1, 0.15) is 21.7 Å². The highest BCUT2D eigenvalue weighted by Gasteiger charge is 2.33. The number of benzene rings is 2. The lowest BCUT2D eigenvalue weighted by molar-refractivity contribution is -0.137. The summed E-state index contributed by atoms with van der Waals surface area (Å²) in [5.74, 6) is -0.0658. The minimum atomic E-state index is -4.52. The number of halogens is 3. The Hall–Kier alpha value is -3.81. The zero-order valence-electron chi connectivity index (χ0n) is 15.7. The van der Waals surface area contributed by atoms with Crippen LogP contribution in [0.15, 0.2) is 76.2 Å². The Bertz CT molecular complexity index is 1320. The molecule has 0 atom stereocenters. The summed E-state index contributed by atoms with van der Waals surface area (Å²) >= 11 is 0. The van der Waals surface area contributed by atoms with Gasteiger partial charge in [-0.3, -0.25) is 9.59 Å². The number of nitrogens with zero attached hydrogens (tertiary/aromatic N) is 1. The van der Waals surface area contributed by atoms with Gasteiger partial charge in [-0.05, 0) is 37.3 Å². The van der Waals surface area contributed by atoms with Crippen molar-refractivity contribution < 1.29 is 22.4 Å². The van der Waals surface area contributed by atoms with Gasteiger partial charge in [-0.1, -0.05) is 12.1 Å². The molecule has 0 spiro atoms. The van der Waals surface area contributed by atoms with E-state index in [-0.39, 0.29) is 16.7 Å². The Kier molecular flexibility index (Phi) is 4.69. The molecule has 8 heteroatoms. The molecule has 0 aliphatic heterocycles. The number of aryl methyl sites for hydroxylation is 1. The molecule has 4 aromatic rings. The van der Waals surface area contributed by atoms with Crippen molar-refractivity contribution in [2.75, 3.05) is 5.32 Å². The summed E-state index contributed by atoms with van der Waals surface area (Å²) in [7, 11) is 0. The molecule has 2 aromatic carbocycles. The normalized spacial score (nSPS) is 11.6. The van der Waals surface area contributed by atoms with E-state index >= 15 is 0 Å². The van der Waals surface area contributed by atoms with Gasteiger partial charge in [0.25, 0.3) is 5.91 Å². The smallest absolute Gasteiger partial charge is 0.418 e. The third-order valence-corrected chi connectivity index (χ3v) is 4.55. The van der Waals surface area contributed by atoms with E-state index in [0.29, 0.717) is 22.4 Å². The Morgan fingerprint density at radius 2 is 1.83 bits per heavy atom. The van der Waals surface area contributed by atoms with Crippen LogP contribution in [0.5, 0.6) is 0 Å². The molecule has 1 amide bonds. The van der Waals surface area contributed by atoms with E-state index < -0.39 is 17.6 Å². The van der Waals surface area contributed by atoms with Crippen LogP contribution in [-0.4, -0.2) is 10.5 Å². The third kappa shape index (κ3) is 3.71. The third-order valence-electron chi connectivity index (χ3n) is 4.55. The van der Waals surface area contributed by atoms with Crippen molar-refractivity contribution in [3.05, 3.63) is 94.1 Å². The summed E-state index contributed by atoms with van der Waals surface area (Å²) in [5.41, 5.74) is -0.163. The number of para-hydroxylation sites is 1. The summed E-state index contributed by atoms with van der Waals surface area (Å²) < 4.78 is 46.5. The highest BCUT2D eigenvalue weighted by molar-refractivity contribution is 6.05. The average molecular weight is 412 g/mol. The number of alkyl halides is 3. The van der Waals surface area contributed by atoms with Crippen molar-refractivity contribution >= 4 is 22.6 Å². The first kappa shape index (κ1) is 19.5. The van der Waals surface area contributed by atoms with Crippen LogP contribution in [0, 0.1) is 6.92 Å². The Labute approximate surface area is 168 Å². The zero-order valence-corrected chi connectivity index (χ0v) is 15.7. The maximum Gasteiger partial charge on any atom is 0.418 e. The first-order valence-corrected chi connectivity index (χ1v) is 8.93. The van der Waals surface area contributed by atoms with Crippen molar-refractivity contribution in [2.45, 2.75) is 13.1 Å². The summed E-state index contributed by atoms with van der Waals surface area (Å²) in [4.78, 5) is 24.5. The number of hydrogen-bond acceptors (Lipinski definition) is 3. The fourth-order valence-electron chi connectivity index (χ4n) is 3.18. The molecule has 1 N–H and O–H groups in total. The van der Waals surface area contributed by atoms with Gasteiger partial charge in [0.2, 0.25) is 0 Å². The number of rotatable bonds is 3. The van der Waals surface area contributed by atoms with Crippen LogP contribution < -0.4 is 10.7 Å². The van der Waals surface area contributed by atoms with Crippen LogP contribution in [0.4, 0.5) is 18.9 Å². The molecule has 2 aromatic heterocycles. The molecule has 5 nitrogen and oxygen atoms in total. The van der Waals surface area contributed by atoms with Gasteiger partial charge in [0.15, 0.2) is 5.43 Å². The van der Waals surface area contributed by atoms with E-state index in [1.807, 2.05) is 0 Å². The number of amides is 1. The molecule has 0 aliphatic rings. The van der Waals surface area contributed by atoms with Gasteiger partial charge in [-0.25, -0.2) is 0 Å². The lowest BCUT2D eigenvalue weighted by atomic mass is 10.1. The number of hydrogen-bond donors (Lipinski definition) is 1. The molecule has 0 saturated carbocycles. The van der Waals surface area contributed by atoms with Crippen LogP contribution in [-0.2, 0) is 6.18 Å². The maximum atomic E-state index is 13.2. The predicted octanol–water partition coefficient (Wildman–Crippen LogP) is 5.16. The van der Waals surface area contributed by atoms with Crippen molar-refractivity contribution in [3.8, 4) is 5.69 Å². The van der Waals surface area contributed by atoms with Crippen molar-refractivity contribution in [2.24, 2.45) is 0 Å². The predicted molar refractivity (Wildman–Crippen MR) is 106 cm³/mol.